The molecule has 0 spiro atoms. The maximum absolute atomic E-state index is 13.6. The molecule has 3 nitrogen and oxygen atoms in total. The quantitative estimate of drug-likeness (QED) is 0.864. The van der Waals surface area contributed by atoms with Crippen molar-refractivity contribution in [2.24, 2.45) is 5.73 Å². The summed E-state index contributed by atoms with van der Waals surface area (Å²) >= 11 is 0. The van der Waals surface area contributed by atoms with Crippen LogP contribution >= 0.6 is 0 Å². The molecule has 0 saturated carbocycles. The highest BCUT2D eigenvalue weighted by Crippen LogP contribution is 2.23. The first-order chi connectivity index (χ1) is 7.69. The maximum atomic E-state index is 13.6. The van der Waals surface area contributed by atoms with Gasteiger partial charge in [0.2, 0.25) is 0 Å². The zero-order chi connectivity index (χ0) is 11.7. The van der Waals surface area contributed by atoms with E-state index in [1.54, 1.807) is 6.07 Å². The molecule has 0 bridgehead atoms. The van der Waals surface area contributed by atoms with Gasteiger partial charge >= 0.3 is 0 Å². The van der Waals surface area contributed by atoms with Crippen LogP contribution in [0, 0.1) is 5.82 Å². The highest BCUT2D eigenvalue weighted by atomic mass is 19.1. The molecule has 0 aliphatic heterocycles. The maximum Gasteiger partial charge on any atom is 0.151 e. The van der Waals surface area contributed by atoms with Gasteiger partial charge in [-0.1, -0.05) is 13.0 Å². The number of hydrogen-bond acceptors (Lipinski definition) is 2. The Labute approximate surface area is 94.1 Å². The van der Waals surface area contributed by atoms with Crippen LogP contribution in [-0.2, 0) is 6.54 Å². The number of nitrogens with zero attached hydrogens (tertiary/aromatic N) is 2. The molecule has 0 radical (unpaired) electrons. The van der Waals surface area contributed by atoms with Gasteiger partial charge in [0.25, 0.3) is 0 Å². The number of fused-ring (bicyclic) bond motifs is 1. The Morgan fingerprint density at radius 2 is 2.25 bits per heavy atom. The number of hydrogen-bond donors (Lipinski definition) is 1. The Hall–Kier alpha value is -1.42. The van der Waals surface area contributed by atoms with E-state index in [1.807, 2.05) is 24.5 Å². The third-order valence-corrected chi connectivity index (χ3v) is 2.87. The van der Waals surface area contributed by atoms with Crippen LogP contribution in [0.3, 0.4) is 0 Å². The van der Waals surface area contributed by atoms with E-state index < -0.39 is 0 Å². The van der Waals surface area contributed by atoms with Gasteiger partial charge < -0.3 is 10.3 Å². The van der Waals surface area contributed by atoms with Crippen molar-refractivity contribution in [2.45, 2.75) is 26.3 Å². The fourth-order valence-electron chi connectivity index (χ4n) is 1.94. The number of aromatic nitrogens is 2. The van der Waals surface area contributed by atoms with Gasteiger partial charge in [-0.15, -0.1) is 0 Å². The summed E-state index contributed by atoms with van der Waals surface area (Å²) in [6.07, 6.45) is 0. The number of nitrogens with two attached hydrogens (primary N) is 1. The van der Waals surface area contributed by atoms with Crippen LogP contribution in [0.15, 0.2) is 18.2 Å². The van der Waals surface area contributed by atoms with E-state index in [-0.39, 0.29) is 11.7 Å². The Kier molecular flexibility index (Phi) is 2.92. The molecular formula is C12H16FN3. The molecule has 2 rings (SSSR count). The third-order valence-electron chi connectivity index (χ3n) is 2.87. The largest absolute Gasteiger partial charge is 0.330 e. The summed E-state index contributed by atoms with van der Waals surface area (Å²) in [6.45, 7) is 5.33. The third kappa shape index (κ3) is 1.59. The molecule has 0 aliphatic rings. The van der Waals surface area contributed by atoms with Crippen LogP contribution in [0.5, 0.6) is 0 Å². The standard InChI is InChI=1S/C12H16FN3/c1-3-16-10-6-4-5-9(13)11(10)15-12(16)8(2)7-14/h4-6,8H,3,7,14H2,1-2H3. The van der Waals surface area contributed by atoms with Crippen LogP contribution in [0.2, 0.25) is 0 Å². The number of halogens is 1. The first-order valence-electron chi connectivity index (χ1n) is 5.53. The van der Waals surface area contributed by atoms with E-state index in [9.17, 15) is 4.39 Å². The van der Waals surface area contributed by atoms with Crippen molar-refractivity contribution in [1.82, 2.24) is 9.55 Å². The Morgan fingerprint density at radius 1 is 1.50 bits per heavy atom. The molecule has 1 heterocycles. The number of rotatable bonds is 3. The zero-order valence-corrected chi connectivity index (χ0v) is 9.57. The van der Waals surface area contributed by atoms with E-state index in [0.29, 0.717) is 12.1 Å². The Morgan fingerprint density at radius 3 is 2.88 bits per heavy atom. The van der Waals surface area contributed by atoms with E-state index in [0.717, 1.165) is 17.9 Å². The minimum atomic E-state index is -0.268. The molecule has 0 saturated heterocycles. The number of benzene rings is 1. The van der Waals surface area contributed by atoms with Crippen molar-refractivity contribution in [3.63, 3.8) is 0 Å². The fourth-order valence-corrected chi connectivity index (χ4v) is 1.94. The predicted molar refractivity (Wildman–Crippen MR) is 62.8 cm³/mol. The summed E-state index contributed by atoms with van der Waals surface area (Å²) < 4.78 is 15.6. The highest BCUT2D eigenvalue weighted by molar-refractivity contribution is 5.76. The monoisotopic (exact) mass is 221 g/mol. The SMILES string of the molecule is CCn1c(C(C)CN)nc2c(F)cccc21. The van der Waals surface area contributed by atoms with Crippen LogP contribution < -0.4 is 5.73 Å². The lowest BCUT2D eigenvalue weighted by Gasteiger charge is -2.10. The van der Waals surface area contributed by atoms with Gasteiger partial charge in [-0.3, -0.25) is 0 Å². The topological polar surface area (TPSA) is 43.8 Å². The Bertz CT molecular complexity index is 504. The summed E-state index contributed by atoms with van der Waals surface area (Å²) in [6, 6.07) is 5.04. The molecule has 0 amide bonds. The molecule has 16 heavy (non-hydrogen) atoms. The highest BCUT2D eigenvalue weighted by Gasteiger charge is 2.16. The van der Waals surface area contributed by atoms with Gasteiger partial charge in [-0.2, -0.15) is 0 Å². The second-order valence-corrected chi connectivity index (χ2v) is 3.96. The number of aryl methyl sites for hydroxylation is 1. The lowest BCUT2D eigenvalue weighted by Crippen LogP contribution is -2.14. The molecule has 4 heteroatoms. The lowest BCUT2D eigenvalue weighted by molar-refractivity contribution is 0.632. The molecule has 1 unspecified atom stereocenters. The average molecular weight is 221 g/mol. The molecule has 1 atom stereocenters. The molecule has 0 fully saturated rings. The van der Waals surface area contributed by atoms with Crippen molar-refractivity contribution in [2.75, 3.05) is 6.54 Å². The summed E-state index contributed by atoms with van der Waals surface area (Å²) in [4.78, 5) is 4.36. The summed E-state index contributed by atoms with van der Waals surface area (Å²) in [5, 5.41) is 0. The van der Waals surface area contributed by atoms with Gasteiger partial charge in [0.15, 0.2) is 5.82 Å². The normalized spacial score (nSPS) is 13.2. The van der Waals surface area contributed by atoms with Crippen molar-refractivity contribution in [3.05, 3.63) is 29.8 Å². The molecular weight excluding hydrogens is 205 g/mol. The van der Waals surface area contributed by atoms with Crippen molar-refractivity contribution >= 4 is 11.0 Å². The van der Waals surface area contributed by atoms with Gasteiger partial charge in [0, 0.05) is 19.0 Å². The molecule has 2 N–H and O–H groups in total. The van der Waals surface area contributed by atoms with E-state index in [2.05, 4.69) is 4.98 Å². The first-order valence-corrected chi connectivity index (χ1v) is 5.53. The molecule has 1 aromatic carbocycles. The Balaban J connectivity index is 2.71. The van der Waals surface area contributed by atoms with E-state index in [4.69, 9.17) is 5.73 Å². The number of para-hydroxylation sites is 1. The van der Waals surface area contributed by atoms with Gasteiger partial charge in [0.05, 0.1) is 5.52 Å². The van der Waals surface area contributed by atoms with Gasteiger partial charge in [-0.25, -0.2) is 9.37 Å². The predicted octanol–water partition coefficient (Wildman–Crippen LogP) is 2.26. The van der Waals surface area contributed by atoms with Crippen LogP contribution in [0.25, 0.3) is 11.0 Å². The fraction of sp³-hybridized carbons (Fsp3) is 0.417. The van der Waals surface area contributed by atoms with Crippen LogP contribution in [0.1, 0.15) is 25.6 Å². The second-order valence-electron chi connectivity index (χ2n) is 3.96. The zero-order valence-electron chi connectivity index (χ0n) is 9.57. The van der Waals surface area contributed by atoms with Crippen LogP contribution in [-0.4, -0.2) is 16.1 Å². The average Bonchev–Trinajstić information content (AvgIpc) is 2.68. The molecule has 0 aliphatic carbocycles. The molecule has 1 aromatic heterocycles. The first kappa shape index (κ1) is 11.1. The van der Waals surface area contributed by atoms with Crippen molar-refractivity contribution in [1.29, 1.82) is 0 Å². The van der Waals surface area contributed by atoms with Crippen molar-refractivity contribution < 1.29 is 4.39 Å². The summed E-state index contributed by atoms with van der Waals surface area (Å²) in [5.74, 6) is 0.743. The van der Waals surface area contributed by atoms with Gasteiger partial charge in [-0.05, 0) is 19.1 Å². The lowest BCUT2D eigenvalue weighted by atomic mass is 10.2. The minimum Gasteiger partial charge on any atom is -0.330 e. The van der Waals surface area contributed by atoms with E-state index in [1.165, 1.54) is 6.07 Å². The van der Waals surface area contributed by atoms with Gasteiger partial charge in [0.1, 0.15) is 11.3 Å². The summed E-state index contributed by atoms with van der Waals surface area (Å²) in [7, 11) is 0. The van der Waals surface area contributed by atoms with Crippen molar-refractivity contribution in [3.8, 4) is 0 Å². The van der Waals surface area contributed by atoms with Crippen LogP contribution in [0.4, 0.5) is 4.39 Å². The minimum absolute atomic E-state index is 0.145. The second kappa shape index (κ2) is 4.22. The van der Waals surface area contributed by atoms with E-state index >= 15 is 0 Å². The molecule has 2 aromatic rings. The smallest absolute Gasteiger partial charge is 0.151 e. The number of imidazole rings is 1. The summed E-state index contributed by atoms with van der Waals surface area (Å²) in [5.41, 5.74) is 6.93. The molecule has 86 valence electrons.